The highest BCUT2D eigenvalue weighted by atomic mass is 35.5. The molecule has 1 N–H and O–H groups in total. The van der Waals surface area contributed by atoms with Crippen LogP contribution in [0.4, 0.5) is 5.69 Å². The zero-order chi connectivity index (χ0) is 14.4. The van der Waals surface area contributed by atoms with Gasteiger partial charge in [0.1, 0.15) is 12.1 Å². The first-order valence-corrected chi connectivity index (χ1v) is 5.51. The van der Waals surface area contributed by atoms with Crippen LogP contribution in [0.5, 0.6) is 0 Å². The minimum Gasteiger partial charge on any atom is -0.465 e. The molecule has 0 atom stereocenters. The summed E-state index contributed by atoms with van der Waals surface area (Å²) in [6, 6.07) is 5.92. The number of carbonyl (C=O) groups is 1. The number of hydrazone groups is 1. The molecule has 8 heteroatoms. The lowest BCUT2D eigenvalue weighted by Gasteiger charge is -2.09. The maximum absolute atomic E-state index is 11.4. The first-order chi connectivity index (χ1) is 9.04. The van der Waals surface area contributed by atoms with Crippen LogP contribution in [0.1, 0.15) is 10.4 Å². The van der Waals surface area contributed by atoms with Crippen molar-refractivity contribution in [1.82, 2.24) is 0 Å². The van der Waals surface area contributed by atoms with Gasteiger partial charge in [-0.2, -0.15) is 15.6 Å². The fourth-order valence-corrected chi connectivity index (χ4v) is 1.64. The number of ether oxygens (including phenoxy) is 1. The van der Waals surface area contributed by atoms with E-state index in [4.69, 9.17) is 33.7 Å². The predicted molar refractivity (Wildman–Crippen MR) is 70.1 cm³/mol. The zero-order valence-electron chi connectivity index (χ0n) is 9.57. The Balaban J connectivity index is 3.22. The first kappa shape index (κ1) is 14.8. The number of hydrogen-bond donors (Lipinski definition) is 1. The van der Waals surface area contributed by atoms with Crippen molar-refractivity contribution in [1.29, 1.82) is 10.5 Å². The van der Waals surface area contributed by atoms with E-state index in [1.54, 1.807) is 12.1 Å². The number of nitrogens with one attached hydrogen (secondary N) is 1. The molecule has 0 amide bonds. The summed E-state index contributed by atoms with van der Waals surface area (Å²) in [6.07, 6.45) is 0. The number of halogens is 2. The van der Waals surface area contributed by atoms with E-state index >= 15 is 0 Å². The summed E-state index contributed by atoms with van der Waals surface area (Å²) in [5.41, 5.74) is 2.16. The van der Waals surface area contributed by atoms with E-state index in [-0.39, 0.29) is 21.3 Å². The van der Waals surface area contributed by atoms with Crippen LogP contribution in [0.25, 0.3) is 0 Å². The molecule has 0 aliphatic heterocycles. The zero-order valence-corrected chi connectivity index (χ0v) is 11.1. The van der Waals surface area contributed by atoms with Gasteiger partial charge in [0, 0.05) is 0 Å². The van der Waals surface area contributed by atoms with Gasteiger partial charge in [0.25, 0.3) is 0 Å². The summed E-state index contributed by atoms with van der Waals surface area (Å²) in [7, 11) is 1.21. The molecule has 0 aromatic heterocycles. The van der Waals surface area contributed by atoms with Crippen LogP contribution in [0.15, 0.2) is 17.2 Å². The average Bonchev–Trinajstić information content (AvgIpc) is 2.42. The van der Waals surface area contributed by atoms with Crippen molar-refractivity contribution >= 4 is 40.6 Å². The molecule has 0 heterocycles. The molecule has 0 bridgehead atoms. The molecule has 1 aromatic rings. The van der Waals surface area contributed by atoms with Gasteiger partial charge in [-0.05, 0) is 12.1 Å². The number of benzene rings is 1. The Kier molecular flexibility index (Phi) is 5.13. The van der Waals surface area contributed by atoms with Crippen molar-refractivity contribution in [2.75, 3.05) is 12.5 Å². The molecule has 1 rings (SSSR count). The van der Waals surface area contributed by atoms with Crippen molar-refractivity contribution in [2.45, 2.75) is 0 Å². The summed E-state index contributed by atoms with van der Waals surface area (Å²) in [6.45, 7) is 0. The maximum atomic E-state index is 11.4. The molecule has 96 valence electrons. The molecule has 19 heavy (non-hydrogen) atoms. The van der Waals surface area contributed by atoms with Crippen LogP contribution >= 0.6 is 23.2 Å². The Bertz CT molecular complexity index is 613. The molecular weight excluding hydrogens is 291 g/mol. The number of methoxy groups -OCH3 is 1. The second-order valence-corrected chi connectivity index (χ2v) is 3.86. The molecule has 0 saturated carbocycles. The van der Waals surface area contributed by atoms with Crippen LogP contribution < -0.4 is 5.43 Å². The van der Waals surface area contributed by atoms with Gasteiger partial charge < -0.3 is 4.74 Å². The number of nitrogens with zero attached hydrogens (tertiary/aromatic N) is 3. The fraction of sp³-hybridized carbons (Fsp3) is 0.0909. The van der Waals surface area contributed by atoms with Crippen molar-refractivity contribution < 1.29 is 9.53 Å². The number of hydrogen-bond acceptors (Lipinski definition) is 6. The second kappa shape index (κ2) is 6.60. The third-order valence-electron chi connectivity index (χ3n) is 1.99. The van der Waals surface area contributed by atoms with E-state index in [2.05, 4.69) is 15.3 Å². The highest BCUT2D eigenvalue weighted by Gasteiger charge is 2.16. The standard InChI is InChI=1S/C11H6Cl2N4O2/c1-19-11(18)7-2-3-8(12)10(9(7)13)17-16-6(4-14)5-15/h2-3,17H,1H3. The highest BCUT2D eigenvalue weighted by Crippen LogP contribution is 2.33. The number of nitriles is 2. The van der Waals surface area contributed by atoms with Gasteiger partial charge in [-0.1, -0.05) is 23.2 Å². The first-order valence-electron chi connectivity index (χ1n) is 4.75. The van der Waals surface area contributed by atoms with E-state index in [9.17, 15) is 4.79 Å². The van der Waals surface area contributed by atoms with Gasteiger partial charge >= 0.3 is 5.97 Å². The summed E-state index contributed by atoms with van der Waals surface area (Å²) >= 11 is 11.9. The molecular formula is C11H6Cl2N4O2. The van der Waals surface area contributed by atoms with Crippen molar-refractivity contribution in [3.05, 3.63) is 27.7 Å². The molecule has 0 fully saturated rings. The largest absolute Gasteiger partial charge is 0.465 e. The normalized spacial score (nSPS) is 8.89. The Hall–Kier alpha value is -2.28. The summed E-state index contributed by atoms with van der Waals surface area (Å²) in [4.78, 5) is 11.4. The predicted octanol–water partition coefficient (Wildman–Crippen LogP) is 2.60. The third kappa shape index (κ3) is 3.35. The van der Waals surface area contributed by atoms with Gasteiger partial charge in [-0.15, -0.1) is 0 Å². The average molecular weight is 297 g/mol. The number of rotatable bonds is 3. The van der Waals surface area contributed by atoms with Gasteiger partial charge in [0.2, 0.25) is 5.71 Å². The van der Waals surface area contributed by atoms with Gasteiger partial charge in [-0.3, -0.25) is 5.43 Å². The second-order valence-electron chi connectivity index (χ2n) is 3.07. The molecule has 0 unspecified atom stereocenters. The highest BCUT2D eigenvalue weighted by molar-refractivity contribution is 6.41. The molecule has 0 saturated heterocycles. The van der Waals surface area contributed by atoms with Crippen LogP contribution in [0, 0.1) is 22.7 Å². The van der Waals surface area contributed by atoms with Crippen molar-refractivity contribution in [3.8, 4) is 12.1 Å². The lowest BCUT2D eigenvalue weighted by atomic mass is 10.2. The Morgan fingerprint density at radius 1 is 1.37 bits per heavy atom. The van der Waals surface area contributed by atoms with Gasteiger partial charge in [0.15, 0.2) is 0 Å². The molecule has 1 aromatic carbocycles. The van der Waals surface area contributed by atoms with Crippen molar-refractivity contribution in [2.24, 2.45) is 5.10 Å². The van der Waals surface area contributed by atoms with E-state index in [0.29, 0.717) is 0 Å². The maximum Gasteiger partial charge on any atom is 0.339 e. The van der Waals surface area contributed by atoms with E-state index in [1.807, 2.05) is 0 Å². The lowest BCUT2D eigenvalue weighted by molar-refractivity contribution is 0.0601. The molecule has 0 aliphatic carbocycles. The summed E-state index contributed by atoms with van der Waals surface area (Å²) in [5, 5.41) is 20.7. The minimum absolute atomic E-state index is 0.0154. The molecule has 0 radical (unpaired) electrons. The summed E-state index contributed by atoms with van der Waals surface area (Å²) in [5.74, 6) is -0.644. The van der Waals surface area contributed by atoms with Crippen LogP contribution in [0.2, 0.25) is 10.0 Å². The Morgan fingerprint density at radius 2 is 2.00 bits per heavy atom. The van der Waals surface area contributed by atoms with Crippen LogP contribution in [-0.2, 0) is 4.74 Å². The van der Waals surface area contributed by atoms with Crippen LogP contribution in [0.3, 0.4) is 0 Å². The molecule has 6 nitrogen and oxygen atoms in total. The smallest absolute Gasteiger partial charge is 0.339 e. The van der Waals surface area contributed by atoms with Crippen LogP contribution in [-0.4, -0.2) is 18.8 Å². The van der Waals surface area contributed by atoms with Gasteiger partial charge in [-0.25, -0.2) is 4.79 Å². The molecule has 0 aliphatic rings. The van der Waals surface area contributed by atoms with E-state index in [1.165, 1.54) is 19.2 Å². The quantitative estimate of drug-likeness (QED) is 0.525. The van der Waals surface area contributed by atoms with Crippen molar-refractivity contribution in [3.63, 3.8) is 0 Å². The number of carbonyl (C=O) groups excluding carboxylic acids is 1. The molecule has 0 spiro atoms. The number of anilines is 1. The topological polar surface area (TPSA) is 98.3 Å². The minimum atomic E-state index is -0.644. The SMILES string of the molecule is COC(=O)c1ccc(Cl)c(NN=C(C#N)C#N)c1Cl. The van der Waals surface area contributed by atoms with Gasteiger partial charge in [0.05, 0.1) is 28.4 Å². The lowest BCUT2D eigenvalue weighted by Crippen LogP contribution is -2.05. The monoisotopic (exact) mass is 296 g/mol. The third-order valence-corrected chi connectivity index (χ3v) is 2.70. The summed E-state index contributed by atoms with van der Waals surface area (Å²) < 4.78 is 4.55. The van der Waals surface area contributed by atoms with E-state index < -0.39 is 11.7 Å². The fourth-order valence-electron chi connectivity index (χ4n) is 1.11. The number of esters is 1. The van der Waals surface area contributed by atoms with E-state index in [0.717, 1.165) is 0 Å². The Labute approximate surface area is 118 Å². The Morgan fingerprint density at radius 3 is 2.53 bits per heavy atom.